The van der Waals surface area contributed by atoms with Crippen molar-refractivity contribution in [3.63, 3.8) is 0 Å². The highest BCUT2D eigenvalue weighted by atomic mass is 16.2. The van der Waals surface area contributed by atoms with E-state index in [0.717, 1.165) is 9.13 Å². The Kier molecular flexibility index (Phi) is 4.76. The predicted molar refractivity (Wildman–Crippen MR) is 110 cm³/mol. The number of nitrogens with zero attached hydrogens (tertiary/aromatic N) is 8. The highest BCUT2D eigenvalue weighted by Gasteiger charge is 2.17. The van der Waals surface area contributed by atoms with Crippen LogP contribution in [-0.4, -0.2) is 37.0 Å². The Morgan fingerprint density at radius 1 is 0.567 bits per heavy atom. The number of hydrogen-bond donors (Lipinski definition) is 0. The van der Waals surface area contributed by atoms with E-state index in [1.807, 2.05) is 0 Å². The van der Waals surface area contributed by atoms with E-state index in [9.17, 15) is 24.0 Å². The van der Waals surface area contributed by atoms with E-state index in [0.29, 0.717) is 16.8 Å². The molecule has 0 fully saturated rings. The average molecular weight is 418 g/mol. The number of hydrogen-bond acceptors (Lipinski definition) is 6. The fourth-order valence-electron chi connectivity index (χ4n) is 3.38. The van der Waals surface area contributed by atoms with E-state index in [1.165, 1.54) is 59.8 Å². The standard InChI is InChI=1S/C9H12N4O3.C8H10N4O2/c1-10-5-6(11(2)8(10)15)12(3)9(16)13(4)7(5)14;1-10-4-9-6-5(10)7(13)12(3)8(14)11(6)2/h1-4H3;4H,1-3H3. The zero-order chi connectivity index (χ0) is 22.7. The molecular weight excluding hydrogens is 396 g/mol. The predicted octanol–water partition coefficient (Wildman–Crippen LogP) is -2.75. The summed E-state index contributed by atoms with van der Waals surface area (Å²) >= 11 is 0. The Balaban J connectivity index is 0.000000172. The van der Waals surface area contributed by atoms with Crippen LogP contribution in [0.4, 0.5) is 0 Å². The quantitative estimate of drug-likeness (QED) is 0.304. The summed E-state index contributed by atoms with van der Waals surface area (Å²) in [5.74, 6) is 0. The first kappa shape index (κ1) is 20.8. The van der Waals surface area contributed by atoms with Crippen LogP contribution in [0.1, 0.15) is 0 Å². The van der Waals surface area contributed by atoms with Crippen molar-refractivity contribution < 1.29 is 0 Å². The molecule has 4 heterocycles. The molecule has 0 aliphatic carbocycles. The Morgan fingerprint density at radius 3 is 1.53 bits per heavy atom. The molecular formula is C17H22N8O5. The SMILES string of the molecule is Cn1c(=O)c2c(n(C)c1=O)n(C)c(=O)n2C.Cn1c(=O)c2c(ncn2C)n(C)c1=O. The molecule has 0 amide bonds. The van der Waals surface area contributed by atoms with Gasteiger partial charge in [0, 0.05) is 49.3 Å². The van der Waals surface area contributed by atoms with Gasteiger partial charge in [-0.2, -0.15) is 0 Å². The van der Waals surface area contributed by atoms with Gasteiger partial charge < -0.3 is 4.57 Å². The van der Waals surface area contributed by atoms with Gasteiger partial charge in [-0.05, 0) is 0 Å². The molecule has 0 saturated carbocycles. The third-order valence-electron chi connectivity index (χ3n) is 5.15. The summed E-state index contributed by atoms with van der Waals surface area (Å²) < 4.78 is 8.85. The molecule has 4 rings (SSSR count). The van der Waals surface area contributed by atoms with Gasteiger partial charge in [0.25, 0.3) is 11.1 Å². The van der Waals surface area contributed by atoms with E-state index in [-0.39, 0.29) is 22.5 Å². The zero-order valence-corrected chi connectivity index (χ0v) is 17.7. The molecule has 30 heavy (non-hydrogen) atoms. The molecule has 0 spiro atoms. The molecule has 0 unspecified atom stereocenters. The van der Waals surface area contributed by atoms with Crippen molar-refractivity contribution in [2.24, 2.45) is 49.3 Å². The number of aryl methyl sites for hydroxylation is 5. The fourth-order valence-corrected chi connectivity index (χ4v) is 3.38. The van der Waals surface area contributed by atoms with Crippen LogP contribution in [-0.2, 0) is 49.3 Å². The number of fused-ring (bicyclic) bond motifs is 2. The Bertz CT molecular complexity index is 1620. The van der Waals surface area contributed by atoms with Crippen molar-refractivity contribution in [2.75, 3.05) is 0 Å². The highest BCUT2D eigenvalue weighted by molar-refractivity contribution is 5.71. The molecule has 0 aliphatic heterocycles. The molecule has 0 aromatic carbocycles. The lowest BCUT2D eigenvalue weighted by Gasteiger charge is -2.04. The highest BCUT2D eigenvalue weighted by Crippen LogP contribution is 2.02. The minimum atomic E-state index is -0.460. The Labute approximate surface area is 167 Å². The second-order valence-electron chi connectivity index (χ2n) is 7.01. The smallest absolute Gasteiger partial charge is 0.328 e. The van der Waals surface area contributed by atoms with Gasteiger partial charge in [-0.3, -0.25) is 37.0 Å². The normalized spacial score (nSPS) is 11.2. The zero-order valence-electron chi connectivity index (χ0n) is 17.7. The van der Waals surface area contributed by atoms with Crippen LogP contribution in [0.5, 0.6) is 0 Å². The number of aromatic nitrogens is 8. The molecule has 4 aromatic heterocycles. The Hall–Kier alpha value is -3.90. The molecule has 160 valence electrons. The van der Waals surface area contributed by atoms with Crippen LogP contribution < -0.4 is 28.2 Å². The maximum absolute atomic E-state index is 11.9. The van der Waals surface area contributed by atoms with Crippen molar-refractivity contribution in [2.45, 2.75) is 0 Å². The topological polar surface area (TPSA) is 133 Å². The molecule has 0 atom stereocenters. The monoisotopic (exact) mass is 418 g/mol. The van der Waals surface area contributed by atoms with Gasteiger partial charge in [-0.25, -0.2) is 19.4 Å². The fraction of sp³-hybridized carbons (Fsp3) is 0.412. The third-order valence-corrected chi connectivity index (χ3v) is 5.15. The van der Waals surface area contributed by atoms with Gasteiger partial charge in [-0.15, -0.1) is 0 Å². The molecule has 0 radical (unpaired) electrons. The lowest BCUT2D eigenvalue weighted by Crippen LogP contribution is -2.37. The van der Waals surface area contributed by atoms with Crippen LogP contribution >= 0.6 is 0 Å². The molecule has 0 aliphatic rings. The third kappa shape index (κ3) is 2.69. The first-order chi connectivity index (χ1) is 13.9. The first-order valence-corrected chi connectivity index (χ1v) is 8.80. The lowest BCUT2D eigenvalue weighted by molar-refractivity contribution is 0.696. The Morgan fingerprint density at radius 2 is 1.00 bits per heavy atom. The van der Waals surface area contributed by atoms with Crippen LogP contribution in [0.15, 0.2) is 30.3 Å². The van der Waals surface area contributed by atoms with Gasteiger partial charge in [0.2, 0.25) is 0 Å². The second kappa shape index (κ2) is 6.86. The lowest BCUT2D eigenvalue weighted by atomic mass is 10.5. The van der Waals surface area contributed by atoms with Crippen molar-refractivity contribution >= 4 is 22.3 Å². The van der Waals surface area contributed by atoms with E-state index in [1.54, 1.807) is 18.7 Å². The molecule has 0 saturated heterocycles. The number of rotatable bonds is 0. The minimum absolute atomic E-state index is 0.233. The molecule has 4 aromatic rings. The van der Waals surface area contributed by atoms with Crippen LogP contribution in [0.2, 0.25) is 0 Å². The van der Waals surface area contributed by atoms with E-state index in [2.05, 4.69) is 4.98 Å². The van der Waals surface area contributed by atoms with Crippen molar-refractivity contribution in [3.05, 3.63) is 58.5 Å². The summed E-state index contributed by atoms with van der Waals surface area (Å²) in [7, 11) is 10.7. The van der Waals surface area contributed by atoms with Crippen LogP contribution in [0.3, 0.4) is 0 Å². The summed E-state index contributed by atoms with van der Waals surface area (Å²) in [5.41, 5.74) is -0.484. The molecule has 13 heteroatoms. The summed E-state index contributed by atoms with van der Waals surface area (Å²) in [6.45, 7) is 0. The largest absolute Gasteiger partial charge is 0.332 e. The molecule has 0 bridgehead atoms. The molecule has 13 nitrogen and oxygen atoms in total. The van der Waals surface area contributed by atoms with Crippen molar-refractivity contribution in [1.29, 1.82) is 0 Å². The van der Waals surface area contributed by atoms with Gasteiger partial charge in [0.15, 0.2) is 22.3 Å². The summed E-state index contributed by atoms with van der Waals surface area (Å²) in [5, 5.41) is 0. The van der Waals surface area contributed by atoms with Crippen LogP contribution in [0, 0.1) is 0 Å². The van der Waals surface area contributed by atoms with Gasteiger partial charge >= 0.3 is 17.1 Å². The van der Waals surface area contributed by atoms with Crippen molar-refractivity contribution in [3.8, 4) is 0 Å². The van der Waals surface area contributed by atoms with Gasteiger partial charge in [0.05, 0.1) is 6.33 Å². The minimum Gasteiger partial charge on any atom is -0.328 e. The van der Waals surface area contributed by atoms with Crippen LogP contribution in [0.25, 0.3) is 22.3 Å². The van der Waals surface area contributed by atoms with Gasteiger partial charge in [0.1, 0.15) is 0 Å². The first-order valence-electron chi connectivity index (χ1n) is 8.80. The van der Waals surface area contributed by atoms with Crippen molar-refractivity contribution in [1.82, 2.24) is 37.0 Å². The second-order valence-corrected chi connectivity index (χ2v) is 7.01. The maximum Gasteiger partial charge on any atom is 0.332 e. The van der Waals surface area contributed by atoms with Gasteiger partial charge in [-0.1, -0.05) is 0 Å². The van der Waals surface area contributed by atoms with E-state index in [4.69, 9.17) is 0 Å². The average Bonchev–Trinajstić information content (AvgIpc) is 3.21. The summed E-state index contributed by atoms with van der Waals surface area (Å²) in [6.07, 6.45) is 1.52. The molecule has 0 N–H and O–H groups in total. The summed E-state index contributed by atoms with van der Waals surface area (Å²) in [4.78, 5) is 62.4. The van der Waals surface area contributed by atoms with E-state index < -0.39 is 11.2 Å². The maximum atomic E-state index is 11.9. The van der Waals surface area contributed by atoms with E-state index >= 15 is 0 Å². The summed E-state index contributed by atoms with van der Waals surface area (Å²) in [6, 6.07) is 0. The number of imidazole rings is 2.